The second kappa shape index (κ2) is 6.45. The molecule has 0 heterocycles. The second-order valence-electron chi connectivity index (χ2n) is 5.55. The standard InChI is InChI=1S/C15H19ClN2O3/c1-10(13(20)17-8-15(9-19)6-7-15)18-14(21)11-4-2-3-5-12(11)16/h2-5,10,19H,6-9H2,1H3,(H,17,20)(H,18,21). The first-order valence-corrected chi connectivity index (χ1v) is 7.29. The Hall–Kier alpha value is -1.59. The van der Waals surface area contributed by atoms with Crippen molar-refractivity contribution >= 4 is 23.4 Å². The molecule has 0 aliphatic heterocycles. The number of aliphatic hydroxyl groups excluding tert-OH is 1. The summed E-state index contributed by atoms with van der Waals surface area (Å²) in [5, 5.41) is 14.9. The SMILES string of the molecule is CC(NC(=O)c1ccccc1Cl)C(=O)NCC1(CO)CC1. The molecule has 0 bridgehead atoms. The molecule has 1 aromatic carbocycles. The molecule has 1 aliphatic rings. The largest absolute Gasteiger partial charge is 0.396 e. The molecule has 6 heteroatoms. The monoisotopic (exact) mass is 310 g/mol. The molecule has 0 radical (unpaired) electrons. The summed E-state index contributed by atoms with van der Waals surface area (Å²) in [5.74, 6) is -0.651. The summed E-state index contributed by atoms with van der Waals surface area (Å²) in [6, 6.07) is 6.01. The molecule has 1 saturated carbocycles. The summed E-state index contributed by atoms with van der Waals surface area (Å²) < 4.78 is 0. The zero-order valence-electron chi connectivity index (χ0n) is 11.9. The molecule has 1 unspecified atom stereocenters. The lowest BCUT2D eigenvalue weighted by atomic mass is 10.1. The summed E-state index contributed by atoms with van der Waals surface area (Å²) in [7, 11) is 0. The number of aliphatic hydroxyl groups is 1. The topological polar surface area (TPSA) is 78.4 Å². The summed E-state index contributed by atoms with van der Waals surface area (Å²) in [6.07, 6.45) is 1.84. The molecule has 21 heavy (non-hydrogen) atoms. The Morgan fingerprint density at radius 2 is 2.05 bits per heavy atom. The summed E-state index contributed by atoms with van der Waals surface area (Å²) in [6.45, 7) is 2.13. The lowest BCUT2D eigenvalue weighted by molar-refractivity contribution is -0.122. The molecular formula is C15H19ClN2O3. The highest BCUT2D eigenvalue weighted by Crippen LogP contribution is 2.44. The summed E-state index contributed by atoms with van der Waals surface area (Å²) in [4.78, 5) is 24.0. The summed E-state index contributed by atoms with van der Waals surface area (Å²) >= 11 is 5.94. The number of halogens is 1. The number of hydrogen-bond donors (Lipinski definition) is 3. The molecule has 0 aromatic heterocycles. The van der Waals surface area contributed by atoms with Gasteiger partial charge in [-0.05, 0) is 31.9 Å². The van der Waals surface area contributed by atoms with Gasteiger partial charge in [0.25, 0.3) is 5.91 Å². The van der Waals surface area contributed by atoms with Crippen LogP contribution in [-0.4, -0.2) is 36.1 Å². The van der Waals surface area contributed by atoms with Gasteiger partial charge in [-0.3, -0.25) is 9.59 Å². The van der Waals surface area contributed by atoms with Crippen LogP contribution in [0.2, 0.25) is 5.02 Å². The zero-order chi connectivity index (χ0) is 15.5. The first-order valence-electron chi connectivity index (χ1n) is 6.91. The minimum Gasteiger partial charge on any atom is -0.396 e. The predicted molar refractivity (Wildman–Crippen MR) is 80.1 cm³/mol. The highest BCUT2D eigenvalue weighted by molar-refractivity contribution is 6.33. The lowest BCUT2D eigenvalue weighted by Crippen LogP contribution is -2.46. The van der Waals surface area contributed by atoms with Crippen LogP contribution in [-0.2, 0) is 4.79 Å². The number of amides is 2. The number of rotatable bonds is 6. The van der Waals surface area contributed by atoms with Crippen LogP contribution in [0, 0.1) is 5.41 Å². The van der Waals surface area contributed by atoms with Crippen molar-refractivity contribution in [3.05, 3.63) is 34.9 Å². The molecule has 114 valence electrons. The Balaban J connectivity index is 1.86. The van der Waals surface area contributed by atoms with Crippen LogP contribution in [0.15, 0.2) is 24.3 Å². The van der Waals surface area contributed by atoms with E-state index in [0.717, 1.165) is 12.8 Å². The van der Waals surface area contributed by atoms with Gasteiger partial charge in [-0.25, -0.2) is 0 Å². The van der Waals surface area contributed by atoms with Crippen molar-refractivity contribution in [1.82, 2.24) is 10.6 Å². The number of carbonyl (C=O) groups is 2. The Labute approximate surface area is 128 Å². The van der Waals surface area contributed by atoms with E-state index < -0.39 is 6.04 Å². The number of carbonyl (C=O) groups excluding carboxylic acids is 2. The van der Waals surface area contributed by atoms with Gasteiger partial charge in [-0.1, -0.05) is 23.7 Å². The van der Waals surface area contributed by atoms with Gasteiger partial charge in [-0.2, -0.15) is 0 Å². The molecular weight excluding hydrogens is 292 g/mol. The van der Waals surface area contributed by atoms with Gasteiger partial charge in [0.05, 0.1) is 17.2 Å². The highest BCUT2D eigenvalue weighted by Gasteiger charge is 2.42. The van der Waals surface area contributed by atoms with Gasteiger partial charge in [0, 0.05) is 12.0 Å². The van der Waals surface area contributed by atoms with E-state index in [9.17, 15) is 14.7 Å². The average Bonchev–Trinajstić information content (AvgIpc) is 3.25. The van der Waals surface area contributed by atoms with Crippen LogP contribution in [0.4, 0.5) is 0 Å². The van der Waals surface area contributed by atoms with Gasteiger partial charge >= 0.3 is 0 Å². The van der Waals surface area contributed by atoms with Gasteiger partial charge in [0.1, 0.15) is 6.04 Å². The Morgan fingerprint density at radius 1 is 1.38 bits per heavy atom. The number of hydrogen-bond acceptors (Lipinski definition) is 3. The predicted octanol–water partition coefficient (Wildman–Crippen LogP) is 1.35. The fraction of sp³-hybridized carbons (Fsp3) is 0.467. The van der Waals surface area contributed by atoms with Gasteiger partial charge in [0.15, 0.2) is 0 Å². The van der Waals surface area contributed by atoms with Crippen molar-refractivity contribution in [1.29, 1.82) is 0 Å². The van der Waals surface area contributed by atoms with Crippen molar-refractivity contribution in [3.8, 4) is 0 Å². The molecule has 1 aromatic rings. The van der Waals surface area contributed by atoms with Gasteiger partial charge in [0.2, 0.25) is 5.91 Å². The Bertz CT molecular complexity index is 543. The van der Waals surface area contributed by atoms with E-state index in [2.05, 4.69) is 10.6 Å². The maximum absolute atomic E-state index is 12.0. The Kier molecular flexibility index (Phi) is 4.85. The van der Waals surface area contributed by atoms with Gasteiger partial charge in [-0.15, -0.1) is 0 Å². The van der Waals surface area contributed by atoms with Crippen LogP contribution in [0.3, 0.4) is 0 Å². The number of nitrogens with one attached hydrogen (secondary N) is 2. The third-order valence-electron chi connectivity index (χ3n) is 3.79. The fourth-order valence-corrected chi connectivity index (χ4v) is 2.20. The molecule has 5 nitrogen and oxygen atoms in total. The van der Waals surface area contributed by atoms with Crippen molar-refractivity contribution in [2.45, 2.75) is 25.8 Å². The molecule has 1 atom stereocenters. The van der Waals surface area contributed by atoms with E-state index in [1.165, 1.54) is 0 Å². The van der Waals surface area contributed by atoms with Crippen molar-refractivity contribution in [2.24, 2.45) is 5.41 Å². The van der Waals surface area contributed by atoms with Crippen LogP contribution in [0.1, 0.15) is 30.1 Å². The molecule has 1 aliphatic carbocycles. The quantitative estimate of drug-likeness (QED) is 0.742. The lowest BCUT2D eigenvalue weighted by Gasteiger charge is -2.17. The van der Waals surface area contributed by atoms with E-state index >= 15 is 0 Å². The van der Waals surface area contributed by atoms with E-state index in [1.54, 1.807) is 31.2 Å². The van der Waals surface area contributed by atoms with E-state index in [-0.39, 0.29) is 23.8 Å². The minimum atomic E-state index is -0.664. The van der Waals surface area contributed by atoms with Crippen molar-refractivity contribution in [2.75, 3.05) is 13.2 Å². The maximum atomic E-state index is 12.0. The van der Waals surface area contributed by atoms with Crippen molar-refractivity contribution in [3.63, 3.8) is 0 Å². The molecule has 2 amide bonds. The zero-order valence-corrected chi connectivity index (χ0v) is 12.6. The fourth-order valence-electron chi connectivity index (χ4n) is 1.98. The van der Waals surface area contributed by atoms with Crippen molar-refractivity contribution < 1.29 is 14.7 Å². The molecule has 3 N–H and O–H groups in total. The highest BCUT2D eigenvalue weighted by atomic mass is 35.5. The van der Waals surface area contributed by atoms with E-state index in [1.807, 2.05) is 0 Å². The van der Waals surface area contributed by atoms with E-state index in [4.69, 9.17) is 11.6 Å². The average molecular weight is 311 g/mol. The van der Waals surface area contributed by atoms with E-state index in [0.29, 0.717) is 17.1 Å². The molecule has 0 spiro atoms. The van der Waals surface area contributed by atoms with Crippen LogP contribution >= 0.6 is 11.6 Å². The van der Waals surface area contributed by atoms with Crippen LogP contribution in [0.5, 0.6) is 0 Å². The van der Waals surface area contributed by atoms with Crippen LogP contribution < -0.4 is 10.6 Å². The second-order valence-corrected chi connectivity index (χ2v) is 5.96. The molecule has 2 rings (SSSR count). The molecule has 1 fully saturated rings. The first kappa shape index (κ1) is 15.8. The Morgan fingerprint density at radius 3 is 2.62 bits per heavy atom. The smallest absolute Gasteiger partial charge is 0.253 e. The van der Waals surface area contributed by atoms with Gasteiger partial charge < -0.3 is 15.7 Å². The third-order valence-corrected chi connectivity index (χ3v) is 4.12. The summed E-state index contributed by atoms with van der Waals surface area (Å²) in [5.41, 5.74) is 0.190. The first-order chi connectivity index (χ1) is 9.97. The van der Waals surface area contributed by atoms with Crippen LogP contribution in [0.25, 0.3) is 0 Å². The molecule has 0 saturated heterocycles. The third kappa shape index (κ3) is 3.95. The number of benzene rings is 1. The normalized spacial score (nSPS) is 16.9. The minimum absolute atomic E-state index is 0.0770. The maximum Gasteiger partial charge on any atom is 0.253 e.